The first-order valence-corrected chi connectivity index (χ1v) is 9.45. The average Bonchev–Trinajstić information content (AvgIpc) is 2.68. The molecule has 0 atom stereocenters. The lowest BCUT2D eigenvalue weighted by molar-refractivity contribution is 0.244. The van der Waals surface area contributed by atoms with Crippen molar-refractivity contribution in [1.29, 1.82) is 0 Å². The zero-order chi connectivity index (χ0) is 17.9. The zero-order valence-electron chi connectivity index (χ0n) is 14.8. The van der Waals surface area contributed by atoms with Gasteiger partial charge in [0, 0.05) is 10.6 Å². The molecule has 0 aromatic heterocycles. The van der Waals surface area contributed by atoms with Crippen LogP contribution in [0.4, 0.5) is 0 Å². The van der Waals surface area contributed by atoms with E-state index in [1.165, 1.54) is 33.0 Å². The van der Waals surface area contributed by atoms with E-state index in [4.69, 9.17) is 16.3 Å². The predicted molar refractivity (Wildman–Crippen MR) is 111 cm³/mol. The molecule has 0 saturated carbocycles. The molecule has 0 saturated heterocycles. The smallest absolute Gasteiger partial charge is 0.123 e. The van der Waals surface area contributed by atoms with Crippen LogP contribution in [0.1, 0.15) is 30.9 Å². The van der Waals surface area contributed by atoms with Crippen LogP contribution in [0.15, 0.2) is 78.6 Å². The first-order valence-electron chi connectivity index (χ1n) is 9.08. The molecule has 130 valence electrons. The summed E-state index contributed by atoms with van der Waals surface area (Å²) in [6, 6.07) is 23.2. The van der Waals surface area contributed by atoms with E-state index in [9.17, 15) is 0 Å². The number of hydrogen-bond donors (Lipinski definition) is 0. The van der Waals surface area contributed by atoms with Crippen LogP contribution in [-0.4, -0.2) is 6.61 Å². The fourth-order valence-corrected chi connectivity index (χ4v) is 3.83. The molecule has 3 aromatic rings. The van der Waals surface area contributed by atoms with Gasteiger partial charge in [-0.25, -0.2) is 0 Å². The van der Waals surface area contributed by atoms with Crippen molar-refractivity contribution in [3.8, 4) is 0 Å². The Morgan fingerprint density at radius 3 is 2.54 bits per heavy atom. The van der Waals surface area contributed by atoms with Crippen molar-refractivity contribution in [2.45, 2.75) is 19.8 Å². The zero-order valence-corrected chi connectivity index (χ0v) is 15.6. The van der Waals surface area contributed by atoms with Crippen LogP contribution >= 0.6 is 11.6 Å². The lowest BCUT2D eigenvalue weighted by Crippen LogP contribution is -2.04. The Labute approximate surface area is 159 Å². The third-order valence-electron chi connectivity index (χ3n) is 4.78. The summed E-state index contributed by atoms with van der Waals surface area (Å²) in [5.74, 6) is 0.976. The van der Waals surface area contributed by atoms with Gasteiger partial charge in [0.15, 0.2) is 0 Å². The van der Waals surface area contributed by atoms with Crippen molar-refractivity contribution in [3.63, 3.8) is 0 Å². The molecule has 0 spiro atoms. The lowest BCUT2D eigenvalue weighted by Gasteiger charge is -2.23. The molecule has 0 N–H and O–H groups in total. The maximum Gasteiger partial charge on any atom is 0.123 e. The molecule has 0 amide bonds. The summed E-state index contributed by atoms with van der Waals surface area (Å²) in [5.41, 5.74) is 4.85. The average molecular weight is 361 g/mol. The van der Waals surface area contributed by atoms with E-state index in [1.807, 2.05) is 25.1 Å². The van der Waals surface area contributed by atoms with E-state index in [1.54, 1.807) is 0 Å². The van der Waals surface area contributed by atoms with E-state index in [0.717, 1.165) is 23.6 Å². The van der Waals surface area contributed by atoms with Gasteiger partial charge in [-0.3, -0.25) is 0 Å². The summed E-state index contributed by atoms with van der Waals surface area (Å²) in [5, 5.41) is 3.25. The van der Waals surface area contributed by atoms with E-state index in [0.29, 0.717) is 6.61 Å². The first kappa shape index (κ1) is 16.9. The molecule has 1 aliphatic rings. The highest BCUT2D eigenvalue weighted by atomic mass is 35.5. The van der Waals surface area contributed by atoms with Crippen molar-refractivity contribution in [2.75, 3.05) is 6.61 Å². The second-order valence-electron chi connectivity index (χ2n) is 6.47. The van der Waals surface area contributed by atoms with Gasteiger partial charge in [-0.05, 0) is 71.5 Å². The third-order valence-corrected chi connectivity index (χ3v) is 5.02. The minimum absolute atomic E-state index is 0.658. The molecule has 2 heteroatoms. The number of allylic oxidation sites excluding steroid dienone is 3. The van der Waals surface area contributed by atoms with Crippen molar-refractivity contribution in [1.82, 2.24) is 0 Å². The molecular weight excluding hydrogens is 340 g/mol. The van der Waals surface area contributed by atoms with Gasteiger partial charge in [0.25, 0.3) is 0 Å². The second-order valence-corrected chi connectivity index (χ2v) is 6.90. The Morgan fingerprint density at radius 1 is 0.885 bits per heavy atom. The molecule has 26 heavy (non-hydrogen) atoms. The van der Waals surface area contributed by atoms with Crippen LogP contribution in [0.3, 0.4) is 0 Å². The van der Waals surface area contributed by atoms with E-state index >= 15 is 0 Å². The Hall–Kier alpha value is -2.51. The normalized spacial score (nSPS) is 14.5. The fraction of sp³-hybridized carbons (Fsp3) is 0.167. The summed E-state index contributed by atoms with van der Waals surface area (Å²) in [6.45, 7) is 2.69. The molecule has 1 aliphatic carbocycles. The number of halogens is 1. The Kier molecular flexibility index (Phi) is 4.81. The van der Waals surface area contributed by atoms with Crippen molar-refractivity contribution in [2.24, 2.45) is 0 Å². The van der Waals surface area contributed by atoms with Crippen molar-refractivity contribution in [3.05, 3.63) is 94.7 Å². The van der Waals surface area contributed by atoms with Gasteiger partial charge in [-0.15, -0.1) is 0 Å². The topological polar surface area (TPSA) is 9.23 Å². The molecular formula is C24H21ClO. The first-order chi connectivity index (χ1) is 12.8. The van der Waals surface area contributed by atoms with E-state index < -0.39 is 0 Å². The molecule has 0 heterocycles. The van der Waals surface area contributed by atoms with Crippen molar-refractivity contribution >= 4 is 33.5 Å². The van der Waals surface area contributed by atoms with Crippen LogP contribution in [0.2, 0.25) is 5.02 Å². The Bertz CT molecular complexity index is 1010. The molecule has 0 fully saturated rings. The number of benzene rings is 3. The molecule has 0 bridgehead atoms. The van der Waals surface area contributed by atoms with Gasteiger partial charge in [0.1, 0.15) is 5.76 Å². The monoisotopic (exact) mass is 360 g/mol. The van der Waals surface area contributed by atoms with Crippen LogP contribution in [0.25, 0.3) is 21.9 Å². The highest BCUT2D eigenvalue weighted by Crippen LogP contribution is 2.40. The van der Waals surface area contributed by atoms with Crippen molar-refractivity contribution < 1.29 is 4.74 Å². The number of rotatable bonds is 4. The molecule has 3 aromatic carbocycles. The summed E-state index contributed by atoms with van der Waals surface area (Å²) in [4.78, 5) is 0. The van der Waals surface area contributed by atoms with Crippen LogP contribution in [-0.2, 0) is 4.74 Å². The number of fused-ring (bicyclic) bond motifs is 1. The molecule has 4 rings (SSSR count). The summed E-state index contributed by atoms with van der Waals surface area (Å²) >= 11 is 6.27. The van der Waals surface area contributed by atoms with Crippen LogP contribution in [0, 0.1) is 0 Å². The van der Waals surface area contributed by atoms with Gasteiger partial charge < -0.3 is 4.74 Å². The fourth-order valence-electron chi connectivity index (χ4n) is 3.64. The molecule has 0 unspecified atom stereocenters. The summed E-state index contributed by atoms with van der Waals surface area (Å²) < 4.78 is 6.01. The maximum absolute atomic E-state index is 6.27. The number of hydrogen-bond acceptors (Lipinski definition) is 1. The van der Waals surface area contributed by atoms with Crippen LogP contribution < -0.4 is 0 Å². The number of ether oxygens (including phenoxy) is 1. The highest BCUT2D eigenvalue weighted by Gasteiger charge is 2.20. The standard InChI is InChI=1S/C24H21ClO/c1-2-26-23-12-6-11-22(19-9-5-10-21(25)16-19)24(23)20-14-13-17-7-3-4-8-18(17)15-20/h3-5,7-10,12-16H,2,6,11H2,1H3. The Morgan fingerprint density at radius 2 is 1.73 bits per heavy atom. The largest absolute Gasteiger partial charge is 0.494 e. The van der Waals surface area contributed by atoms with Crippen LogP contribution in [0.5, 0.6) is 0 Å². The molecule has 0 aliphatic heterocycles. The SMILES string of the molecule is CCOC1=CCCC(c2cccc(Cl)c2)=C1c1ccc2ccccc2c1. The van der Waals surface area contributed by atoms with Gasteiger partial charge in [-0.1, -0.05) is 60.1 Å². The van der Waals surface area contributed by atoms with E-state index in [-0.39, 0.29) is 0 Å². The minimum Gasteiger partial charge on any atom is -0.494 e. The van der Waals surface area contributed by atoms with Gasteiger partial charge in [0.05, 0.1) is 6.61 Å². The molecule has 1 nitrogen and oxygen atoms in total. The third kappa shape index (κ3) is 3.27. The Balaban J connectivity index is 1.93. The highest BCUT2D eigenvalue weighted by molar-refractivity contribution is 6.30. The maximum atomic E-state index is 6.27. The quantitative estimate of drug-likeness (QED) is 0.481. The predicted octanol–water partition coefficient (Wildman–Crippen LogP) is 7.12. The molecule has 0 radical (unpaired) electrons. The van der Waals surface area contributed by atoms with Gasteiger partial charge in [0.2, 0.25) is 0 Å². The summed E-state index contributed by atoms with van der Waals surface area (Å²) in [6.07, 6.45) is 4.18. The van der Waals surface area contributed by atoms with Gasteiger partial charge >= 0.3 is 0 Å². The second kappa shape index (κ2) is 7.39. The lowest BCUT2D eigenvalue weighted by atomic mass is 9.86. The van der Waals surface area contributed by atoms with E-state index in [2.05, 4.69) is 54.6 Å². The minimum atomic E-state index is 0.658. The van der Waals surface area contributed by atoms with Gasteiger partial charge in [-0.2, -0.15) is 0 Å². The summed E-state index contributed by atoms with van der Waals surface area (Å²) in [7, 11) is 0.